The number of carbonyl (C=O) groups is 2. The molecule has 1 atom stereocenters. The molecule has 0 aliphatic carbocycles. The van der Waals surface area contributed by atoms with Crippen molar-refractivity contribution < 1.29 is 24.0 Å². The lowest BCUT2D eigenvalue weighted by Gasteiger charge is -2.15. The van der Waals surface area contributed by atoms with Gasteiger partial charge in [-0.25, -0.2) is 4.79 Å². The summed E-state index contributed by atoms with van der Waals surface area (Å²) < 4.78 is 10.2. The predicted molar refractivity (Wildman–Crippen MR) is 89.6 cm³/mol. The second-order valence-corrected chi connectivity index (χ2v) is 5.04. The summed E-state index contributed by atoms with van der Waals surface area (Å²) in [6, 6.07) is 12.0. The molecule has 0 aromatic heterocycles. The fourth-order valence-corrected chi connectivity index (χ4v) is 2.00. The van der Waals surface area contributed by atoms with Crippen LogP contribution in [0.1, 0.15) is 17.3 Å². The SMILES string of the molecule is COc1ccc([N+](=O)[O-])cc1NC(=O)[C@@H](C)OC(=O)c1ccccc1. The molecule has 2 rings (SSSR count). The topological polar surface area (TPSA) is 108 Å². The quantitative estimate of drug-likeness (QED) is 0.490. The van der Waals surface area contributed by atoms with E-state index in [1.165, 1.54) is 32.2 Å². The first-order chi connectivity index (χ1) is 11.9. The van der Waals surface area contributed by atoms with Crippen molar-refractivity contribution in [3.8, 4) is 5.75 Å². The van der Waals surface area contributed by atoms with Gasteiger partial charge in [0.1, 0.15) is 5.75 Å². The number of esters is 1. The van der Waals surface area contributed by atoms with E-state index in [-0.39, 0.29) is 17.1 Å². The van der Waals surface area contributed by atoms with E-state index in [4.69, 9.17) is 9.47 Å². The fourth-order valence-electron chi connectivity index (χ4n) is 2.00. The first kappa shape index (κ1) is 17.9. The summed E-state index contributed by atoms with van der Waals surface area (Å²) in [6.07, 6.45) is -1.10. The highest BCUT2D eigenvalue weighted by Crippen LogP contribution is 2.29. The molecule has 1 amide bonds. The zero-order chi connectivity index (χ0) is 18.4. The molecule has 25 heavy (non-hydrogen) atoms. The van der Waals surface area contributed by atoms with E-state index >= 15 is 0 Å². The number of amides is 1. The molecule has 0 fully saturated rings. The number of hydrogen-bond donors (Lipinski definition) is 1. The molecule has 2 aromatic rings. The Balaban J connectivity index is 2.09. The Bertz CT molecular complexity index is 791. The monoisotopic (exact) mass is 344 g/mol. The summed E-state index contributed by atoms with van der Waals surface area (Å²) >= 11 is 0. The van der Waals surface area contributed by atoms with Crippen molar-refractivity contribution >= 4 is 23.3 Å². The van der Waals surface area contributed by atoms with Gasteiger partial charge >= 0.3 is 5.97 Å². The summed E-state index contributed by atoms with van der Waals surface area (Å²) in [5.41, 5.74) is 0.226. The summed E-state index contributed by atoms with van der Waals surface area (Å²) in [5.74, 6) is -1.03. The molecule has 0 unspecified atom stereocenters. The van der Waals surface area contributed by atoms with Crippen LogP contribution in [0.4, 0.5) is 11.4 Å². The molecular weight excluding hydrogens is 328 g/mol. The summed E-state index contributed by atoms with van der Waals surface area (Å²) in [7, 11) is 1.37. The van der Waals surface area contributed by atoms with Crippen molar-refractivity contribution in [1.29, 1.82) is 0 Å². The van der Waals surface area contributed by atoms with Crippen LogP contribution in [-0.4, -0.2) is 30.0 Å². The number of nitrogens with one attached hydrogen (secondary N) is 1. The number of rotatable bonds is 6. The fraction of sp³-hybridized carbons (Fsp3) is 0.176. The van der Waals surface area contributed by atoms with Gasteiger partial charge in [0.25, 0.3) is 11.6 Å². The lowest BCUT2D eigenvalue weighted by atomic mass is 10.2. The smallest absolute Gasteiger partial charge is 0.338 e. The molecule has 8 nitrogen and oxygen atoms in total. The van der Waals surface area contributed by atoms with Gasteiger partial charge in [0, 0.05) is 12.1 Å². The van der Waals surface area contributed by atoms with Crippen LogP contribution < -0.4 is 10.1 Å². The van der Waals surface area contributed by atoms with E-state index in [1.54, 1.807) is 30.3 Å². The minimum atomic E-state index is -1.10. The molecule has 0 aliphatic rings. The van der Waals surface area contributed by atoms with Gasteiger partial charge in [-0.05, 0) is 25.1 Å². The second-order valence-electron chi connectivity index (χ2n) is 5.04. The first-order valence-electron chi connectivity index (χ1n) is 7.31. The first-order valence-corrected chi connectivity index (χ1v) is 7.31. The van der Waals surface area contributed by atoms with Crippen LogP contribution in [0.15, 0.2) is 48.5 Å². The van der Waals surface area contributed by atoms with Crippen molar-refractivity contribution in [2.24, 2.45) is 0 Å². The minimum absolute atomic E-state index is 0.115. The molecule has 2 aromatic carbocycles. The van der Waals surface area contributed by atoms with Crippen molar-refractivity contribution in [3.63, 3.8) is 0 Å². The van der Waals surface area contributed by atoms with Gasteiger partial charge in [-0.1, -0.05) is 18.2 Å². The number of anilines is 1. The number of methoxy groups -OCH3 is 1. The van der Waals surface area contributed by atoms with Gasteiger partial charge in [-0.2, -0.15) is 0 Å². The standard InChI is InChI=1S/C17H16N2O6/c1-11(25-17(21)12-6-4-3-5-7-12)16(20)18-14-10-13(19(22)23)8-9-15(14)24-2/h3-11H,1-2H3,(H,18,20)/t11-/m1/s1. The Kier molecular flexibility index (Phi) is 5.67. The normalized spacial score (nSPS) is 11.3. The molecule has 0 saturated carbocycles. The van der Waals surface area contributed by atoms with Crippen molar-refractivity contribution in [2.75, 3.05) is 12.4 Å². The van der Waals surface area contributed by atoms with E-state index in [1.807, 2.05) is 0 Å². The molecule has 0 spiro atoms. The van der Waals surface area contributed by atoms with E-state index in [0.717, 1.165) is 0 Å². The Morgan fingerprint density at radius 2 is 1.84 bits per heavy atom. The molecule has 8 heteroatoms. The molecular formula is C17H16N2O6. The van der Waals surface area contributed by atoms with Crippen LogP contribution in [0.25, 0.3) is 0 Å². The second kappa shape index (κ2) is 7.91. The number of carbonyl (C=O) groups excluding carboxylic acids is 2. The number of non-ortho nitro benzene ring substituents is 1. The lowest BCUT2D eigenvalue weighted by molar-refractivity contribution is -0.384. The Hall–Kier alpha value is -3.42. The maximum Gasteiger partial charge on any atom is 0.338 e. The largest absolute Gasteiger partial charge is 0.495 e. The van der Waals surface area contributed by atoms with Gasteiger partial charge in [0.05, 0.1) is 23.3 Å². The number of nitro benzene ring substituents is 1. The van der Waals surface area contributed by atoms with Gasteiger partial charge < -0.3 is 14.8 Å². The predicted octanol–water partition coefficient (Wildman–Crippen LogP) is 2.79. The maximum absolute atomic E-state index is 12.2. The highest BCUT2D eigenvalue weighted by Gasteiger charge is 2.21. The number of hydrogen-bond acceptors (Lipinski definition) is 6. The Morgan fingerprint density at radius 3 is 2.44 bits per heavy atom. The highest BCUT2D eigenvalue weighted by atomic mass is 16.6. The Labute approximate surface area is 143 Å². The maximum atomic E-state index is 12.2. The average Bonchev–Trinajstić information content (AvgIpc) is 2.62. The molecule has 0 aliphatic heterocycles. The number of ether oxygens (including phenoxy) is 2. The van der Waals surface area contributed by atoms with Gasteiger partial charge in [0.2, 0.25) is 0 Å². The van der Waals surface area contributed by atoms with Crippen LogP contribution >= 0.6 is 0 Å². The molecule has 0 bridgehead atoms. The lowest BCUT2D eigenvalue weighted by Crippen LogP contribution is -2.30. The number of nitro groups is 1. The van der Waals surface area contributed by atoms with E-state index in [2.05, 4.69) is 5.32 Å². The third-order valence-electron chi connectivity index (χ3n) is 3.31. The third kappa shape index (κ3) is 4.54. The third-order valence-corrected chi connectivity index (χ3v) is 3.31. The molecule has 0 heterocycles. The van der Waals surface area contributed by atoms with Crippen LogP contribution in [0.2, 0.25) is 0 Å². The minimum Gasteiger partial charge on any atom is -0.495 e. The Morgan fingerprint density at radius 1 is 1.16 bits per heavy atom. The van der Waals surface area contributed by atoms with Crippen LogP contribution in [0.5, 0.6) is 5.75 Å². The average molecular weight is 344 g/mol. The summed E-state index contributed by atoms with van der Waals surface area (Å²) in [6.45, 7) is 1.40. The van der Waals surface area contributed by atoms with Gasteiger partial charge in [0.15, 0.2) is 6.10 Å². The molecule has 0 saturated heterocycles. The zero-order valence-corrected chi connectivity index (χ0v) is 13.6. The van der Waals surface area contributed by atoms with E-state index < -0.39 is 22.9 Å². The molecule has 0 radical (unpaired) electrons. The van der Waals surface area contributed by atoms with Crippen molar-refractivity contribution in [3.05, 3.63) is 64.2 Å². The summed E-state index contributed by atoms with van der Waals surface area (Å²) in [5, 5.41) is 13.3. The van der Waals surface area contributed by atoms with Crippen LogP contribution in [0, 0.1) is 10.1 Å². The van der Waals surface area contributed by atoms with Crippen molar-refractivity contribution in [1.82, 2.24) is 0 Å². The van der Waals surface area contributed by atoms with E-state index in [9.17, 15) is 19.7 Å². The highest BCUT2D eigenvalue weighted by molar-refractivity contribution is 5.98. The van der Waals surface area contributed by atoms with Crippen LogP contribution in [0.3, 0.4) is 0 Å². The zero-order valence-electron chi connectivity index (χ0n) is 13.6. The van der Waals surface area contributed by atoms with Gasteiger partial charge in [-0.15, -0.1) is 0 Å². The van der Waals surface area contributed by atoms with Gasteiger partial charge in [-0.3, -0.25) is 14.9 Å². The van der Waals surface area contributed by atoms with Crippen LogP contribution in [-0.2, 0) is 9.53 Å². The molecule has 130 valence electrons. The van der Waals surface area contributed by atoms with E-state index in [0.29, 0.717) is 5.56 Å². The summed E-state index contributed by atoms with van der Waals surface area (Å²) in [4.78, 5) is 34.4. The number of benzene rings is 2. The van der Waals surface area contributed by atoms with Crippen molar-refractivity contribution in [2.45, 2.75) is 13.0 Å². The molecule has 1 N–H and O–H groups in total. The number of nitrogens with zero attached hydrogens (tertiary/aromatic N) is 1.